The molecule has 0 bridgehead atoms. The van der Waals surface area contributed by atoms with Gasteiger partial charge in [-0.2, -0.15) is 10.2 Å². The van der Waals surface area contributed by atoms with Gasteiger partial charge in [0.05, 0.1) is 12.2 Å². The van der Waals surface area contributed by atoms with Crippen LogP contribution < -0.4 is 0 Å². The van der Waals surface area contributed by atoms with Gasteiger partial charge in [0, 0.05) is 43.4 Å². The van der Waals surface area contributed by atoms with Crippen LogP contribution in [0.15, 0.2) is 30.3 Å². The summed E-state index contributed by atoms with van der Waals surface area (Å²) in [5.74, 6) is 1.75. The maximum atomic E-state index is 4.78. The summed E-state index contributed by atoms with van der Waals surface area (Å²) in [5, 5.41) is 12.0. The highest BCUT2D eigenvalue weighted by Gasteiger charge is 2.22. The van der Waals surface area contributed by atoms with Crippen molar-refractivity contribution in [2.24, 2.45) is 7.05 Å². The molecule has 0 amide bonds. The molecular formula is C18H22N6. The lowest BCUT2D eigenvalue weighted by Gasteiger charge is -2.17. The highest BCUT2D eigenvalue weighted by molar-refractivity contribution is 5.64. The highest BCUT2D eigenvalue weighted by atomic mass is 15.3. The van der Waals surface area contributed by atoms with Crippen LogP contribution in [-0.2, 0) is 26.4 Å². The van der Waals surface area contributed by atoms with E-state index in [2.05, 4.69) is 56.1 Å². The number of nitrogens with zero attached hydrogens (tertiary/aromatic N) is 5. The number of benzene rings is 1. The first-order chi connectivity index (χ1) is 11.7. The van der Waals surface area contributed by atoms with Gasteiger partial charge in [0.2, 0.25) is 0 Å². The van der Waals surface area contributed by atoms with E-state index in [-0.39, 0.29) is 0 Å². The van der Waals surface area contributed by atoms with E-state index in [1.807, 2.05) is 13.0 Å². The number of hydrogen-bond donors (Lipinski definition) is 1. The Bertz CT molecular complexity index is 833. The summed E-state index contributed by atoms with van der Waals surface area (Å²) in [6.45, 7) is 4.75. The SMILES string of the molecule is Cc1nc(CN2CCc3c(-c4ccccc4)nn(C)c3CC2)n[nH]1. The molecule has 1 N–H and O–H groups in total. The molecule has 6 heteroatoms. The lowest BCUT2D eigenvalue weighted by Crippen LogP contribution is -2.27. The number of fused-ring (bicyclic) bond motifs is 1. The minimum Gasteiger partial charge on any atom is -0.295 e. The molecule has 0 radical (unpaired) electrons. The standard InChI is InChI=1S/C18H22N6/c1-13-19-17(21-20-13)12-24-10-8-15-16(9-11-24)23(2)22-18(15)14-6-4-3-5-7-14/h3-7H,8-12H2,1-2H3,(H,19,20,21). The van der Waals surface area contributed by atoms with Crippen molar-refractivity contribution in [3.8, 4) is 11.3 Å². The molecular weight excluding hydrogens is 300 g/mol. The van der Waals surface area contributed by atoms with E-state index in [1.165, 1.54) is 16.8 Å². The molecule has 0 saturated heterocycles. The topological polar surface area (TPSA) is 62.6 Å². The predicted octanol–water partition coefficient (Wildman–Crippen LogP) is 2.11. The van der Waals surface area contributed by atoms with Crippen molar-refractivity contribution >= 4 is 0 Å². The Kier molecular flexibility index (Phi) is 3.90. The van der Waals surface area contributed by atoms with Crippen molar-refractivity contribution in [3.63, 3.8) is 0 Å². The van der Waals surface area contributed by atoms with Gasteiger partial charge in [0.25, 0.3) is 0 Å². The van der Waals surface area contributed by atoms with E-state index >= 15 is 0 Å². The number of aromatic nitrogens is 5. The van der Waals surface area contributed by atoms with Gasteiger partial charge < -0.3 is 0 Å². The van der Waals surface area contributed by atoms with Gasteiger partial charge in [-0.05, 0) is 13.3 Å². The molecule has 0 aliphatic carbocycles. The maximum absolute atomic E-state index is 4.78. The third-order valence-electron chi connectivity index (χ3n) is 4.67. The first-order valence-electron chi connectivity index (χ1n) is 8.41. The van der Waals surface area contributed by atoms with Crippen LogP contribution in [0.1, 0.15) is 22.9 Å². The number of hydrogen-bond acceptors (Lipinski definition) is 4. The zero-order valence-electron chi connectivity index (χ0n) is 14.2. The van der Waals surface area contributed by atoms with Crippen molar-refractivity contribution in [1.29, 1.82) is 0 Å². The molecule has 1 aliphatic rings. The normalized spacial score (nSPS) is 15.2. The van der Waals surface area contributed by atoms with Crippen LogP contribution in [-0.4, -0.2) is 43.0 Å². The van der Waals surface area contributed by atoms with Crippen LogP contribution in [0, 0.1) is 6.92 Å². The molecule has 124 valence electrons. The molecule has 0 atom stereocenters. The second kappa shape index (κ2) is 6.20. The first-order valence-corrected chi connectivity index (χ1v) is 8.41. The van der Waals surface area contributed by atoms with Crippen molar-refractivity contribution in [1.82, 2.24) is 29.9 Å². The van der Waals surface area contributed by atoms with Crippen molar-refractivity contribution in [2.75, 3.05) is 13.1 Å². The molecule has 24 heavy (non-hydrogen) atoms. The third-order valence-corrected chi connectivity index (χ3v) is 4.67. The number of aryl methyl sites for hydroxylation is 2. The quantitative estimate of drug-likeness (QED) is 0.802. The molecule has 6 nitrogen and oxygen atoms in total. The molecule has 2 aromatic heterocycles. The Morgan fingerprint density at radius 1 is 1.12 bits per heavy atom. The van der Waals surface area contributed by atoms with Gasteiger partial charge in [-0.1, -0.05) is 30.3 Å². The Balaban J connectivity index is 1.57. The Labute approximate surface area is 141 Å². The molecule has 0 fully saturated rings. The van der Waals surface area contributed by atoms with Crippen LogP contribution in [0.5, 0.6) is 0 Å². The van der Waals surface area contributed by atoms with Crippen molar-refractivity contribution < 1.29 is 0 Å². The zero-order chi connectivity index (χ0) is 16.5. The predicted molar refractivity (Wildman–Crippen MR) is 92.4 cm³/mol. The molecule has 3 aromatic rings. The lowest BCUT2D eigenvalue weighted by molar-refractivity contribution is 0.271. The Morgan fingerprint density at radius 3 is 2.67 bits per heavy atom. The Hall–Kier alpha value is -2.47. The summed E-state index contributed by atoms with van der Waals surface area (Å²) in [5.41, 5.74) is 5.07. The van der Waals surface area contributed by atoms with Crippen LogP contribution in [0.2, 0.25) is 0 Å². The van der Waals surface area contributed by atoms with E-state index in [9.17, 15) is 0 Å². The zero-order valence-corrected chi connectivity index (χ0v) is 14.2. The minimum absolute atomic E-state index is 0.798. The number of rotatable bonds is 3. The minimum atomic E-state index is 0.798. The lowest BCUT2D eigenvalue weighted by atomic mass is 10.0. The summed E-state index contributed by atoms with van der Waals surface area (Å²) in [6.07, 6.45) is 2.02. The highest BCUT2D eigenvalue weighted by Crippen LogP contribution is 2.28. The average Bonchev–Trinajstić information content (AvgIpc) is 3.06. The second-order valence-electron chi connectivity index (χ2n) is 6.38. The van der Waals surface area contributed by atoms with Gasteiger partial charge in [-0.3, -0.25) is 14.7 Å². The monoisotopic (exact) mass is 322 g/mol. The maximum Gasteiger partial charge on any atom is 0.164 e. The van der Waals surface area contributed by atoms with Crippen molar-refractivity contribution in [2.45, 2.75) is 26.3 Å². The van der Waals surface area contributed by atoms with Crippen molar-refractivity contribution in [3.05, 3.63) is 53.2 Å². The fraction of sp³-hybridized carbons (Fsp3) is 0.389. The van der Waals surface area contributed by atoms with E-state index in [0.29, 0.717) is 0 Å². The van der Waals surface area contributed by atoms with Gasteiger partial charge in [0.15, 0.2) is 5.82 Å². The first kappa shape index (κ1) is 15.1. The molecule has 1 aliphatic heterocycles. The van der Waals surface area contributed by atoms with Gasteiger partial charge in [-0.25, -0.2) is 4.98 Å². The fourth-order valence-corrected chi connectivity index (χ4v) is 3.47. The second-order valence-corrected chi connectivity index (χ2v) is 6.38. The Morgan fingerprint density at radius 2 is 1.92 bits per heavy atom. The molecule has 0 saturated carbocycles. The summed E-state index contributed by atoms with van der Waals surface area (Å²) in [4.78, 5) is 6.86. The molecule has 0 spiro atoms. The third kappa shape index (κ3) is 2.85. The summed E-state index contributed by atoms with van der Waals surface area (Å²) in [7, 11) is 2.06. The summed E-state index contributed by atoms with van der Waals surface area (Å²) in [6, 6.07) is 10.5. The smallest absolute Gasteiger partial charge is 0.164 e. The van der Waals surface area contributed by atoms with Crippen LogP contribution in [0.3, 0.4) is 0 Å². The van der Waals surface area contributed by atoms with E-state index in [1.54, 1.807) is 0 Å². The van der Waals surface area contributed by atoms with Crippen LogP contribution in [0.25, 0.3) is 11.3 Å². The average molecular weight is 322 g/mol. The summed E-state index contributed by atoms with van der Waals surface area (Å²) >= 11 is 0. The molecule has 4 rings (SSSR count). The summed E-state index contributed by atoms with van der Waals surface area (Å²) < 4.78 is 2.05. The van der Waals surface area contributed by atoms with Gasteiger partial charge >= 0.3 is 0 Å². The molecule has 3 heterocycles. The fourth-order valence-electron chi connectivity index (χ4n) is 3.47. The molecule has 0 unspecified atom stereocenters. The number of aromatic amines is 1. The van der Waals surface area contributed by atoms with Crippen LogP contribution >= 0.6 is 0 Å². The number of nitrogens with one attached hydrogen (secondary N) is 1. The molecule has 1 aromatic carbocycles. The largest absolute Gasteiger partial charge is 0.295 e. The van der Waals surface area contributed by atoms with E-state index < -0.39 is 0 Å². The van der Waals surface area contributed by atoms with Gasteiger partial charge in [-0.15, -0.1) is 0 Å². The van der Waals surface area contributed by atoms with E-state index in [0.717, 1.165) is 49.8 Å². The van der Waals surface area contributed by atoms with E-state index in [4.69, 9.17) is 5.10 Å². The van der Waals surface area contributed by atoms with Crippen LogP contribution in [0.4, 0.5) is 0 Å². The van der Waals surface area contributed by atoms with Gasteiger partial charge in [0.1, 0.15) is 5.82 Å². The number of H-pyrrole nitrogens is 1.